The zero-order valence-corrected chi connectivity index (χ0v) is 26.3. The number of rotatable bonds is 2. The van der Waals surface area contributed by atoms with Crippen molar-refractivity contribution >= 4 is 0 Å². The first-order valence-electron chi connectivity index (χ1n) is 16.3. The highest BCUT2D eigenvalue weighted by atomic mass is 15.3. The van der Waals surface area contributed by atoms with Gasteiger partial charge in [-0.3, -0.25) is 0 Å². The Morgan fingerprint density at radius 2 is 1.15 bits per heavy atom. The Labute approximate surface area is 275 Å². The lowest BCUT2D eigenvalue weighted by Gasteiger charge is -2.30. The molecule has 3 aliphatic rings. The largest absolute Gasteiger partial charge is 0.409 e. The van der Waals surface area contributed by atoms with Gasteiger partial charge in [-0.15, -0.1) is 9.13 Å². The molecule has 2 atom stereocenters. The van der Waals surface area contributed by atoms with E-state index in [1.807, 2.05) is 0 Å². The molecule has 0 N–H and O–H groups in total. The van der Waals surface area contributed by atoms with Crippen molar-refractivity contribution in [1.29, 1.82) is 0 Å². The van der Waals surface area contributed by atoms with Gasteiger partial charge in [0.2, 0.25) is 23.1 Å². The maximum Gasteiger partial charge on any atom is 0.409 e. The fourth-order valence-corrected chi connectivity index (χ4v) is 8.05. The minimum Gasteiger partial charge on any atom is -0.187 e. The summed E-state index contributed by atoms with van der Waals surface area (Å²) in [6.45, 7) is 6.92. The molecule has 3 heteroatoms. The van der Waals surface area contributed by atoms with Crippen molar-refractivity contribution in [2.75, 3.05) is 0 Å². The van der Waals surface area contributed by atoms with Crippen LogP contribution in [-0.4, -0.2) is 0 Å². The van der Waals surface area contributed by atoms with Gasteiger partial charge in [0.05, 0.1) is 22.8 Å². The summed E-state index contributed by atoms with van der Waals surface area (Å²) in [6, 6.07) is 52.9. The molecule has 47 heavy (non-hydrogen) atoms. The van der Waals surface area contributed by atoms with Crippen molar-refractivity contribution in [2.45, 2.75) is 18.6 Å². The van der Waals surface area contributed by atoms with Gasteiger partial charge >= 0.3 is 5.66 Å². The molecule has 0 spiro atoms. The predicted octanol–water partition coefficient (Wildman–Crippen LogP) is 8.23. The second kappa shape index (κ2) is 10.6. The molecule has 0 fully saturated rings. The number of nitrogens with zero attached hydrogens (tertiary/aromatic N) is 3. The molecule has 3 aliphatic heterocycles. The summed E-state index contributed by atoms with van der Waals surface area (Å²) >= 11 is 0. The smallest absolute Gasteiger partial charge is 0.187 e. The van der Waals surface area contributed by atoms with Gasteiger partial charge in [-0.1, -0.05) is 85.4 Å². The summed E-state index contributed by atoms with van der Waals surface area (Å²) in [6.07, 6.45) is 8.98. The van der Waals surface area contributed by atoms with Crippen molar-refractivity contribution in [3.8, 4) is 44.9 Å². The first-order valence-corrected chi connectivity index (χ1v) is 16.3. The van der Waals surface area contributed by atoms with Crippen LogP contribution in [0.15, 0.2) is 177 Å². The van der Waals surface area contributed by atoms with Crippen LogP contribution in [-0.2, 0) is 5.66 Å². The van der Waals surface area contributed by atoms with Gasteiger partial charge in [-0.2, -0.15) is 4.57 Å². The number of aromatic nitrogens is 3. The van der Waals surface area contributed by atoms with Crippen molar-refractivity contribution in [1.82, 2.24) is 0 Å². The molecule has 3 aromatic heterocycles. The molecule has 0 radical (unpaired) electrons. The summed E-state index contributed by atoms with van der Waals surface area (Å²) < 4.78 is 7.40. The van der Waals surface area contributed by atoms with Crippen molar-refractivity contribution < 1.29 is 13.7 Å². The van der Waals surface area contributed by atoms with Gasteiger partial charge in [-0.05, 0) is 54.4 Å². The van der Waals surface area contributed by atoms with E-state index in [4.69, 9.17) is 0 Å². The van der Waals surface area contributed by atoms with E-state index in [1.165, 1.54) is 44.5 Å². The van der Waals surface area contributed by atoms with Crippen LogP contribution in [0.4, 0.5) is 0 Å². The van der Waals surface area contributed by atoms with Gasteiger partial charge in [-0.25, -0.2) is 0 Å². The Morgan fingerprint density at radius 1 is 0.553 bits per heavy atom. The highest BCUT2D eigenvalue weighted by Gasteiger charge is 2.56. The first-order chi connectivity index (χ1) is 23.2. The van der Waals surface area contributed by atoms with Gasteiger partial charge in [0.1, 0.15) is 5.56 Å². The van der Waals surface area contributed by atoms with Crippen molar-refractivity contribution in [3.63, 3.8) is 0 Å². The molecule has 3 nitrogen and oxygen atoms in total. The molecule has 0 amide bonds. The van der Waals surface area contributed by atoms with E-state index in [1.54, 1.807) is 0 Å². The van der Waals surface area contributed by atoms with E-state index in [2.05, 4.69) is 197 Å². The number of hydrogen-bond donors (Lipinski definition) is 0. The lowest BCUT2D eigenvalue weighted by Crippen LogP contribution is -2.74. The molecule has 10 rings (SSSR count). The molecule has 0 aliphatic carbocycles. The molecule has 2 unspecified atom stereocenters. The maximum absolute atomic E-state index is 4.69. The molecule has 0 saturated heterocycles. The van der Waals surface area contributed by atoms with Crippen molar-refractivity contribution in [3.05, 3.63) is 199 Å². The molecule has 7 aromatic rings. The average molecular weight is 605 g/mol. The third-order valence-corrected chi connectivity index (χ3v) is 10.1. The molecule has 6 heterocycles. The third kappa shape index (κ3) is 3.90. The topological polar surface area (TPSA) is 11.6 Å². The van der Waals surface area contributed by atoms with Crippen LogP contribution in [0.5, 0.6) is 0 Å². The first kappa shape index (κ1) is 27.4. The fourth-order valence-electron chi connectivity index (χ4n) is 8.05. The molecular weight excluding hydrogens is 571 g/mol. The monoisotopic (exact) mass is 604 g/mol. The van der Waals surface area contributed by atoms with Gasteiger partial charge in [0.25, 0.3) is 0 Å². The van der Waals surface area contributed by atoms with E-state index >= 15 is 0 Å². The van der Waals surface area contributed by atoms with E-state index in [0.717, 1.165) is 22.6 Å². The van der Waals surface area contributed by atoms with E-state index in [9.17, 15) is 0 Å². The Morgan fingerprint density at radius 3 is 1.89 bits per heavy atom. The van der Waals surface area contributed by atoms with Gasteiger partial charge in [0, 0.05) is 47.0 Å². The summed E-state index contributed by atoms with van der Waals surface area (Å²) in [5, 5.41) is 0. The molecule has 0 saturated carbocycles. The summed E-state index contributed by atoms with van der Waals surface area (Å²) in [4.78, 5) is 0. The quantitative estimate of drug-likeness (QED) is 0.139. The summed E-state index contributed by atoms with van der Waals surface area (Å²) in [5.74, 6) is 0. The third-order valence-electron chi connectivity index (χ3n) is 10.1. The Hall–Kier alpha value is -5.93. The van der Waals surface area contributed by atoms with E-state index < -0.39 is 5.66 Å². The maximum atomic E-state index is 4.69. The average Bonchev–Trinajstić information content (AvgIpc) is 3.14. The van der Waals surface area contributed by atoms with Crippen LogP contribution in [0.25, 0.3) is 44.9 Å². The van der Waals surface area contributed by atoms with Gasteiger partial charge in [0.15, 0.2) is 18.6 Å². The SMILES string of the molecule is C=CC12c3ccccc3-c3cccc[n+]3C(c3ccccc3-c3cccc[n+]31)c1ccccc1-c1cc(C)c(-c3ccccc3)c[n+]12. The number of allylic oxidation sites excluding steroid dienone is 1. The minimum atomic E-state index is -0.863. The molecule has 2 bridgehead atoms. The molecule has 4 aromatic carbocycles. The number of pyridine rings is 3. The van der Waals surface area contributed by atoms with E-state index in [0.29, 0.717) is 0 Å². The molecule has 222 valence electrons. The minimum absolute atomic E-state index is 0.0998. The van der Waals surface area contributed by atoms with Crippen LogP contribution in [0.3, 0.4) is 0 Å². The van der Waals surface area contributed by atoms with Crippen LogP contribution in [0.1, 0.15) is 28.3 Å². The highest BCUT2D eigenvalue weighted by molar-refractivity contribution is 5.73. The number of hydrogen-bond acceptors (Lipinski definition) is 0. The second-order valence-electron chi connectivity index (χ2n) is 12.5. The summed E-state index contributed by atoms with van der Waals surface area (Å²) in [5.41, 5.74) is 13.4. The zero-order valence-electron chi connectivity index (χ0n) is 26.3. The fraction of sp³-hybridized carbons (Fsp3) is 0.0682. The Bertz CT molecular complexity index is 2260. The Kier molecular flexibility index (Phi) is 6.16. The standard InChI is InChI=1S/C44H34N3/c1-3-44-39-24-12-11-23-37(39)40-25-13-15-27-45(40)43(35-21-9-7-19-33(35)41-26-14-16-28-46(41)44)36-22-10-8-20-34(36)42-29-31(2)38(30-47(42)44)32-17-5-4-6-18-32/h3-30,43H,1H2,2H3/q+3. The van der Waals surface area contributed by atoms with Crippen LogP contribution < -0.4 is 13.7 Å². The second-order valence-corrected chi connectivity index (χ2v) is 12.5. The number of benzene rings is 4. The van der Waals surface area contributed by atoms with Gasteiger partial charge < -0.3 is 0 Å². The molecular formula is C44H34N3+3. The van der Waals surface area contributed by atoms with E-state index in [-0.39, 0.29) is 6.04 Å². The predicted molar refractivity (Wildman–Crippen MR) is 186 cm³/mol. The van der Waals surface area contributed by atoms with Crippen LogP contribution >= 0.6 is 0 Å². The highest BCUT2D eigenvalue weighted by Crippen LogP contribution is 2.42. The number of aryl methyl sites for hydroxylation is 1. The van der Waals surface area contributed by atoms with Crippen LogP contribution in [0.2, 0.25) is 0 Å². The Balaban J connectivity index is 1.60. The summed E-state index contributed by atoms with van der Waals surface area (Å²) in [7, 11) is 0. The normalized spacial score (nSPS) is 17.0. The van der Waals surface area contributed by atoms with Crippen LogP contribution in [0, 0.1) is 6.92 Å². The lowest BCUT2D eigenvalue weighted by atomic mass is 9.82. The zero-order chi connectivity index (χ0) is 31.5. The van der Waals surface area contributed by atoms with Crippen molar-refractivity contribution in [2.24, 2.45) is 0 Å². The lowest BCUT2D eigenvalue weighted by molar-refractivity contribution is -0.960.